The molecule has 0 aliphatic heterocycles. The first-order chi connectivity index (χ1) is 12.5. The molecule has 9 heteroatoms. The molecule has 0 spiro atoms. The summed E-state index contributed by atoms with van der Waals surface area (Å²) in [5.74, 6) is -0.127. The van der Waals surface area contributed by atoms with Gasteiger partial charge in [-0.05, 0) is 18.2 Å². The van der Waals surface area contributed by atoms with Crippen LogP contribution in [0.2, 0.25) is 5.02 Å². The number of anilines is 1. The van der Waals surface area contributed by atoms with Crippen molar-refractivity contribution in [3.8, 4) is 22.6 Å². The summed E-state index contributed by atoms with van der Waals surface area (Å²) in [6.45, 7) is 0. The van der Waals surface area contributed by atoms with Crippen LogP contribution in [0.15, 0.2) is 53.1 Å². The van der Waals surface area contributed by atoms with E-state index >= 15 is 0 Å². The number of alkyl halides is 1. The largest absolute Gasteiger partial charge is 0.356 e. The zero-order valence-corrected chi connectivity index (χ0v) is 14.6. The Morgan fingerprint density at radius 3 is 2.73 bits per heavy atom. The van der Waals surface area contributed by atoms with Crippen molar-refractivity contribution in [2.75, 3.05) is 11.2 Å². The van der Waals surface area contributed by atoms with Gasteiger partial charge in [0, 0.05) is 23.4 Å². The van der Waals surface area contributed by atoms with Crippen molar-refractivity contribution in [3.05, 3.63) is 63.7 Å². The molecule has 1 heterocycles. The van der Waals surface area contributed by atoms with Crippen LogP contribution in [0, 0.1) is 10.1 Å². The third kappa shape index (κ3) is 3.68. The molecular formula is C17H11Cl2N3O4. The standard InChI is InChI=1S/C17H11Cl2N3O4/c18-9-16(23)20-11-4-1-3-10(7-11)15-8-13(21-26-15)17-12(19)5-2-6-14(17)22(24)25/h1-8H,9H2,(H,20,23). The predicted molar refractivity (Wildman–Crippen MR) is 98.4 cm³/mol. The normalized spacial score (nSPS) is 10.5. The summed E-state index contributed by atoms with van der Waals surface area (Å²) < 4.78 is 5.31. The van der Waals surface area contributed by atoms with E-state index in [4.69, 9.17) is 27.7 Å². The summed E-state index contributed by atoms with van der Waals surface area (Å²) in [5, 5.41) is 18.0. The smallest absolute Gasteiger partial charge is 0.280 e. The number of aromatic nitrogens is 1. The van der Waals surface area contributed by atoms with Crippen molar-refractivity contribution in [2.24, 2.45) is 0 Å². The fraction of sp³-hybridized carbons (Fsp3) is 0.0588. The van der Waals surface area contributed by atoms with Gasteiger partial charge in [-0.15, -0.1) is 11.6 Å². The zero-order chi connectivity index (χ0) is 18.7. The molecule has 132 valence electrons. The van der Waals surface area contributed by atoms with Crippen molar-refractivity contribution in [2.45, 2.75) is 0 Å². The Morgan fingerprint density at radius 1 is 1.23 bits per heavy atom. The van der Waals surface area contributed by atoms with Crippen LogP contribution < -0.4 is 5.32 Å². The molecule has 0 radical (unpaired) electrons. The summed E-state index contributed by atoms with van der Waals surface area (Å²) in [6.07, 6.45) is 0. The summed E-state index contributed by atoms with van der Waals surface area (Å²) in [6, 6.07) is 12.8. The minimum Gasteiger partial charge on any atom is -0.356 e. The molecule has 1 amide bonds. The van der Waals surface area contributed by atoms with Crippen LogP contribution in [0.4, 0.5) is 11.4 Å². The number of amides is 1. The molecule has 0 aliphatic carbocycles. The molecule has 0 saturated carbocycles. The van der Waals surface area contributed by atoms with Gasteiger partial charge < -0.3 is 9.84 Å². The van der Waals surface area contributed by atoms with Crippen molar-refractivity contribution in [1.29, 1.82) is 0 Å². The summed E-state index contributed by atoms with van der Waals surface area (Å²) >= 11 is 11.6. The number of nitrogens with zero attached hydrogens (tertiary/aromatic N) is 2. The van der Waals surface area contributed by atoms with E-state index in [1.165, 1.54) is 12.1 Å². The molecule has 0 fully saturated rings. The summed E-state index contributed by atoms with van der Waals surface area (Å²) in [5.41, 5.74) is 1.43. The van der Waals surface area contributed by atoms with Crippen molar-refractivity contribution in [3.63, 3.8) is 0 Å². The Hall–Kier alpha value is -2.90. The van der Waals surface area contributed by atoms with Crippen molar-refractivity contribution in [1.82, 2.24) is 5.16 Å². The average molecular weight is 392 g/mol. The number of benzene rings is 2. The van der Waals surface area contributed by atoms with Gasteiger partial charge in [0.1, 0.15) is 17.1 Å². The number of rotatable bonds is 5. The van der Waals surface area contributed by atoms with Crippen LogP contribution in [0.5, 0.6) is 0 Å². The third-order valence-corrected chi connectivity index (χ3v) is 4.06. The average Bonchev–Trinajstić information content (AvgIpc) is 3.11. The summed E-state index contributed by atoms with van der Waals surface area (Å²) in [7, 11) is 0. The third-order valence-electron chi connectivity index (χ3n) is 3.51. The molecule has 0 bridgehead atoms. The van der Waals surface area contributed by atoms with Crippen LogP contribution in [0.1, 0.15) is 0 Å². The number of nitrogens with one attached hydrogen (secondary N) is 1. The second-order valence-electron chi connectivity index (χ2n) is 5.23. The molecular weight excluding hydrogens is 381 g/mol. The van der Waals surface area contributed by atoms with Crippen molar-refractivity contribution < 1.29 is 14.2 Å². The zero-order valence-electron chi connectivity index (χ0n) is 13.1. The fourth-order valence-electron chi connectivity index (χ4n) is 2.39. The van der Waals surface area contributed by atoms with Crippen LogP contribution in [-0.2, 0) is 4.79 Å². The Labute approximate surface area is 157 Å². The first kappa shape index (κ1) is 17.9. The van der Waals surface area contributed by atoms with Gasteiger partial charge in [-0.2, -0.15) is 0 Å². The van der Waals surface area contributed by atoms with Gasteiger partial charge in [-0.1, -0.05) is 35.0 Å². The molecule has 2 aromatic carbocycles. The van der Waals surface area contributed by atoms with E-state index in [2.05, 4.69) is 10.5 Å². The first-order valence-electron chi connectivity index (χ1n) is 7.36. The van der Waals surface area contributed by atoms with E-state index in [0.29, 0.717) is 17.0 Å². The van der Waals surface area contributed by atoms with Crippen LogP contribution in [0.3, 0.4) is 0 Å². The highest BCUT2D eigenvalue weighted by Crippen LogP contribution is 2.37. The number of nitro groups is 1. The Morgan fingerprint density at radius 2 is 2.00 bits per heavy atom. The molecule has 1 N–H and O–H groups in total. The number of nitro benzene ring substituents is 1. The van der Waals surface area contributed by atoms with E-state index in [0.717, 1.165) is 0 Å². The highest BCUT2D eigenvalue weighted by molar-refractivity contribution is 6.33. The summed E-state index contributed by atoms with van der Waals surface area (Å²) in [4.78, 5) is 22.1. The minimum absolute atomic E-state index is 0.160. The maximum absolute atomic E-state index is 11.4. The van der Waals surface area contributed by atoms with Crippen molar-refractivity contribution >= 4 is 40.5 Å². The molecule has 7 nitrogen and oxygen atoms in total. The van der Waals surface area contributed by atoms with Gasteiger partial charge in [0.2, 0.25) is 5.91 Å². The lowest BCUT2D eigenvalue weighted by molar-refractivity contribution is -0.384. The predicted octanol–water partition coefficient (Wildman–Crippen LogP) is 4.75. The van der Waals surface area contributed by atoms with E-state index in [1.807, 2.05) is 0 Å². The number of carbonyl (C=O) groups is 1. The molecule has 26 heavy (non-hydrogen) atoms. The SMILES string of the molecule is O=C(CCl)Nc1cccc(-c2cc(-c3c(Cl)cccc3[N+](=O)[O-])no2)c1. The highest BCUT2D eigenvalue weighted by Gasteiger charge is 2.22. The van der Waals surface area contributed by atoms with Gasteiger partial charge in [0.05, 0.1) is 9.95 Å². The lowest BCUT2D eigenvalue weighted by Crippen LogP contribution is -2.12. The number of hydrogen-bond acceptors (Lipinski definition) is 5. The quantitative estimate of drug-likeness (QED) is 0.384. The highest BCUT2D eigenvalue weighted by atomic mass is 35.5. The monoisotopic (exact) mass is 391 g/mol. The van der Waals surface area contributed by atoms with Gasteiger partial charge in [-0.25, -0.2) is 0 Å². The topological polar surface area (TPSA) is 98.3 Å². The first-order valence-corrected chi connectivity index (χ1v) is 8.27. The molecule has 3 rings (SSSR count). The molecule has 0 atom stereocenters. The van der Waals surface area contributed by atoms with Gasteiger partial charge in [0.25, 0.3) is 5.69 Å². The molecule has 0 unspecified atom stereocenters. The van der Waals surface area contributed by atoms with E-state index in [1.54, 1.807) is 36.4 Å². The van der Waals surface area contributed by atoms with E-state index in [-0.39, 0.29) is 33.8 Å². The van der Waals surface area contributed by atoms with Gasteiger partial charge in [0.15, 0.2) is 5.76 Å². The lowest BCUT2D eigenvalue weighted by Gasteiger charge is -2.04. The number of hydrogen-bond donors (Lipinski definition) is 1. The molecule has 0 aliphatic rings. The van der Waals surface area contributed by atoms with Crippen LogP contribution in [-0.4, -0.2) is 21.9 Å². The number of halogens is 2. The van der Waals surface area contributed by atoms with Gasteiger partial charge >= 0.3 is 0 Å². The Balaban J connectivity index is 1.98. The minimum atomic E-state index is -0.530. The maximum atomic E-state index is 11.4. The number of carbonyl (C=O) groups excluding carboxylic acids is 1. The second kappa shape index (κ2) is 7.55. The molecule has 0 saturated heterocycles. The molecule has 1 aromatic heterocycles. The van der Waals surface area contributed by atoms with E-state index in [9.17, 15) is 14.9 Å². The fourth-order valence-corrected chi connectivity index (χ4v) is 2.73. The van der Waals surface area contributed by atoms with E-state index < -0.39 is 4.92 Å². The molecule has 3 aromatic rings. The van der Waals surface area contributed by atoms with Gasteiger partial charge in [-0.3, -0.25) is 14.9 Å². The lowest BCUT2D eigenvalue weighted by atomic mass is 10.1. The maximum Gasteiger partial charge on any atom is 0.280 e. The Bertz CT molecular complexity index is 988. The Kier molecular flexibility index (Phi) is 5.20. The van der Waals surface area contributed by atoms with Crippen LogP contribution >= 0.6 is 23.2 Å². The second-order valence-corrected chi connectivity index (χ2v) is 5.90. The van der Waals surface area contributed by atoms with Crippen LogP contribution in [0.25, 0.3) is 22.6 Å².